The van der Waals surface area contributed by atoms with E-state index in [0.29, 0.717) is 17.1 Å². The van der Waals surface area contributed by atoms with Crippen LogP contribution in [0.1, 0.15) is 17.4 Å². The second kappa shape index (κ2) is 4.59. The molecule has 2 rings (SSSR count). The first-order chi connectivity index (χ1) is 8.45. The van der Waals surface area contributed by atoms with Gasteiger partial charge in [-0.25, -0.2) is 0 Å². The summed E-state index contributed by atoms with van der Waals surface area (Å²) >= 11 is 11.8. The minimum atomic E-state index is -0.866. The number of carbonyl (C=O) groups is 1. The van der Waals surface area contributed by atoms with E-state index in [9.17, 15) is 9.59 Å². The van der Waals surface area contributed by atoms with Gasteiger partial charge in [-0.1, -0.05) is 23.2 Å². The number of carbonyl (C=O) groups excluding carboxylic acids is 1. The zero-order chi connectivity index (χ0) is 13.4. The highest BCUT2D eigenvalue weighted by Gasteiger charge is 2.15. The van der Waals surface area contributed by atoms with Crippen LogP contribution in [0.15, 0.2) is 16.9 Å². The SMILES string of the molecule is CCn1nc(C(N)=O)c(=O)c2cc(Cl)c(Cl)cc21. The zero-order valence-electron chi connectivity index (χ0n) is 9.41. The van der Waals surface area contributed by atoms with Gasteiger partial charge in [0.1, 0.15) is 0 Å². The van der Waals surface area contributed by atoms with Crippen LogP contribution in [0.4, 0.5) is 0 Å². The van der Waals surface area contributed by atoms with Gasteiger partial charge < -0.3 is 5.73 Å². The molecule has 1 amide bonds. The highest BCUT2D eigenvalue weighted by atomic mass is 35.5. The van der Waals surface area contributed by atoms with E-state index < -0.39 is 11.3 Å². The predicted octanol–water partition coefficient (Wildman–Crippen LogP) is 1.82. The van der Waals surface area contributed by atoms with Crippen molar-refractivity contribution in [3.05, 3.63) is 38.1 Å². The summed E-state index contributed by atoms with van der Waals surface area (Å²) < 4.78 is 1.49. The summed E-state index contributed by atoms with van der Waals surface area (Å²) in [6.07, 6.45) is 0. The first-order valence-corrected chi connectivity index (χ1v) is 5.91. The molecule has 1 heterocycles. The van der Waals surface area contributed by atoms with Gasteiger partial charge in [0.2, 0.25) is 5.43 Å². The number of amides is 1. The van der Waals surface area contributed by atoms with Gasteiger partial charge in [0.25, 0.3) is 5.91 Å². The average Bonchev–Trinajstić information content (AvgIpc) is 2.32. The maximum absolute atomic E-state index is 12.0. The molecule has 0 bridgehead atoms. The van der Waals surface area contributed by atoms with Crippen molar-refractivity contribution in [2.75, 3.05) is 0 Å². The number of aromatic nitrogens is 2. The first-order valence-electron chi connectivity index (χ1n) is 5.15. The third-order valence-corrected chi connectivity index (χ3v) is 3.25. The molecule has 0 saturated carbocycles. The van der Waals surface area contributed by atoms with Crippen LogP contribution in [0.2, 0.25) is 10.0 Å². The van der Waals surface area contributed by atoms with Crippen molar-refractivity contribution in [2.45, 2.75) is 13.5 Å². The number of nitrogens with zero attached hydrogens (tertiary/aromatic N) is 2. The molecule has 5 nitrogen and oxygen atoms in total. The van der Waals surface area contributed by atoms with Crippen LogP contribution in [-0.4, -0.2) is 15.7 Å². The number of halogens is 2. The Kier molecular flexibility index (Phi) is 3.28. The molecule has 0 unspecified atom stereocenters. The monoisotopic (exact) mass is 285 g/mol. The number of nitrogens with two attached hydrogens (primary N) is 1. The molecule has 0 aliphatic heterocycles. The molecule has 0 atom stereocenters. The van der Waals surface area contributed by atoms with Gasteiger partial charge >= 0.3 is 0 Å². The highest BCUT2D eigenvalue weighted by molar-refractivity contribution is 6.42. The molecule has 2 N–H and O–H groups in total. The Bertz CT molecular complexity index is 709. The molecule has 1 aromatic carbocycles. The van der Waals surface area contributed by atoms with Crippen molar-refractivity contribution < 1.29 is 4.79 Å². The van der Waals surface area contributed by atoms with Crippen LogP contribution in [0.25, 0.3) is 10.9 Å². The van der Waals surface area contributed by atoms with Crippen LogP contribution < -0.4 is 11.2 Å². The topological polar surface area (TPSA) is 78.0 Å². The maximum atomic E-state index is 12.0. The van der Waals surface area contributed by atoms with Gasteiger partial charge in [0.15, 0.2) is 5.69 Å². The second-order valence-electron chi connectivity index (χ2n) is 3.64. The number of hydrogen-bond donors (Lipinski definition) is 1. The third kappa shape index (κ3) is 1.95. The summed E-state index contributed by atoms with van der Waals surface area (Å²) in [7, 11) is 0. The number of hydrogen-bond acceptors (Lipinski definition) is 3. The number of aryl methyl sites for hydroxylation is 1. The Morgan fingerprint density at radius 1 is 1.39 bits per heavy atom. The van der Waals surface area contributed by atoms with E-state index in [2.05, 4.69) is 5.10 Å². The fourth-order valence-corrected chi connectivity index (χ4v) is 2.00. The van der Waals surface area contributed by atoms with E-state index in [1.165, 1.54) is 10.7 Å². The van der Waals surface area contributed by atoms with Crippen LogP contribution in [0.5, 0.6) is 0 Å². The van der Waals surface area contributed by atoms with Crippen molar-refractivity contribution in [3.8, 4) is 0 Å². The molecule has 94 valence electrons. The van der Waals surface area contributed by atoms with E-state index in [1.807, 2.05) is 6.92 Å². The Balaban J connectivity index is 2.99. The fraction of sp³-hybridized carbons (Fsp3) is 0.182. The Labute approximate surface area is 112 Å². The normalized spacial score (nSPS) is 10.8. The van der Waals surface area contributed by atoms with Crippen LogP contribution in [-0.2, 0) is 6.54 Å². The van der Waals surface area contributed by atoms with Crippen molar-refractivity contribution in [1.29, 1.82) is 0 Å². The fourth-order valence-electron chi connectivity index (χ4n) is 1.68. The molecule has 1 aromatic heterocycles. The van der Waals surface area contributed by atoms with E-state index in [1.54, 1.807) is 6.07 Å². The van der Waals surface area contributed by atoms with E-state index in [0.717, 1.165) is 0 Å². The minimum absolute atomic E-state index is 0.241. The van der Waals surface area contributed by atoms with E-state index in [-0.39, 0.29) is 16.1 Å². The van der Waals surface area contributed by atoms with Gasteiger partial charge in [-0.3, -0.25) is 14.3 Å². The molecule has 0 saturated heterocycles. The molecule has 0 aliphatic carbocycles. The number of primary amides is 1. The Morgan fingerprint density at radius 3 is 2.56 bits per heavy atom. The standard InChI is InChI=1S/C11H9Cl2N3O2/c1-2-16-8-4-7(13)6(12)3-5(8)10(17)9(15-16)11(14)18/h3-4H,2H2,1H3,(H2,14,18). The lowest BCUT2D eigenvalue weighted by atomic mass is 10.2. The largest absolute Gasteiger partial charge is 0.364 e. The lowest BCUT2D eigenvalue weighted by Crippen LogP contribution is -2.27. The van der Waals surface area contributed by atoms with Crippen LogP contribution >= 0.6 is 23.2 Å². The number of rotatable bonds is 2. The second-order valence-corrected chi connectivity index (χ2v) is 4.46. The molecule has 18 heavy (non-hydrogen) atoms. The Morgan fingerprint density at radius 2 is 2.00 bits per heavy atom. The molecular weight excluding hydrogens is 277 g/mol. The molecule has 0 radical (unpaired) electrons. The van der Waals surface area contributed by atoms with Gasteiger partial charge in [-0.15, -0.1) is 0 Å². The van der Waals surface area contributed by atoms with Gasteiger partial charge in [0, 0.05) is 6.54 Å². The predicted molar refractivity (Wildman–Crippen MR) is 70.2 cm³/mol. The molecule has 0 aliphatic rings. The quantitative estimate of drug-likeness (QED) is 0.914. The van der Waals surface area contributed by atoms with Crippen molar-refractivity contribution in [3.63, 3.8) is 0 Å². The third-order valence-electron chi connectivity index (χ3n) is 2.53. The van der Waals surface area contributed by atoms with Crippen molar-refractivity contribution >= 4 is 40.0 Å². The lowest BCUT2D eigenvalue weighted by Gasteiger charge is -2.09. The summed E-state index contributed by atoms with van der Waals surface area (Å²) in [6.45, 7) is 2.29. The summed E-state index contributed by atoms with van der Waals surface area (Å²) in [5, 5.41) is 4.75. The van der Waals surface area contributed by atoms with Crippen molar-refractivity contribution in [1.82, 2.24) is 9.78 Å². The first kappa shape index (κ1) is 12.9. The van der Waals surface area contributed by atoms with E-state index in [4.69, 9.17) is 28.9 Å². The number of fused-ring (bicyclic) bond motifs is 1. The summed E-state index contributed by atoms with van der Waals surface area (Å²) in [4.78, 5) is 23.2. The van der Waals surface area contributed by atoms with E-state index >= 15 is 0 Å². The average molecular weight is 286 g/mol. The Hall–Kier alpha value is -1.59. The smallest absolute Gasteiger partial charge is 0.273 e. The van der Waals surface area contributed by atoms with Crippen LogP contribution in [0, 0.1) is 0 Å². The minimum Gasteiger partial charge on any atom is -0.364 e. The molecule has 0 fully saturated rings. The summed E-state index contributed by atoms with van der Waals surface area (Å²) in [5.74, 6) is -0.866. The summed E-state index contributed by atoms with van der Waals surface area (Å²) in [5.41, 5.74) is 4.80. The molecular formula is C11H9Cl2N3O2. The highest BCUT2D eigenvalue weighted by Crippen LogP contribution is 2.26. The summed E-state index contributed by atoms with van der Waals surface area (Å²) in [6, 6.07) is 2.96. The molecule has 2 aromatic rings. The van der Waals surface area contributed by atoms with Crippen molar-refractivity contribution in [2.24, 2.45) is 5.73 Å². The van der Waals surface area contributed by atoms with Crippen LogP contribution in [0.3, 0.4) is 0 Å². The molecule has 0 spiro atoms. The zero-order valence-corrected chi connectivity index (χ0v) is 10.9. The van der Waals surface area contributed by atoms with Gasteiger partial charge in [-0.05, 0) is 19.1 Å². The van der Waals surface area contributed by atoms with Gasteiger partial charge in [0.05, 0.1) is 20.9 Å². The number of benzene rings is 1. The van der Waals surface area contributed by atoms with Gasteiger partial charge in [-0.2, -0.15) is 5.10 Å². The lowest BCUT2D eigenvalue weighted by molar-refractivity contribution is 0.0992. The maximum Gasteiger partial charge on any atom is 0.273 e. The molecule has 7 heteroatoms.